The zero-order valence-corrected chi connectivity index (χ0v) is 16.7. The normalized spacial score (nSPS) is 21.2. The van der Waals surface area contributed by atoms with Crippen molar-refractivity contribution in [3.05, 3.63) is 24.0 Å². The number of carbonyl (C=O) groups is 2. The molecule has 7 nitrogen and oxygen atoms in total. The van der Waals surface area contributed by atoms with Crippen molar-refractivity contribution in [1.82, 2.24) is 19.8 Å². The topological polar surface area (TPSA) is 79.3 Å². The number of benzene rings is 1. The van der Waals surface area contributed by atoms with E-state index in [1.807, 2.05) is 25.1 Å². The van der Waals surface area contributed by atoms with E-state index in [0.29, 0.717) is 12.6 Å². The van der Waals surface area contributed by atoms with Crippen molar-refractivity contribution in [2.24, 2.45) is 0 Å². The van der Waals surface area contributed by atoms with Gasteiger partial charge in [0.05, 0.1) is 23.5 Å². The minimum atomic E-state index is -0.373. The van der Waals surface area contributed by atoms with Crippen LogP contribution in [0.15, 0.2) is 18.2 Å². The zero-order valence-electron chi connectivity index (χ0n) is 16.7. The molecule has 150 valence electrons. The van der Waals surface area contributed by atoms with Crippen LogP contribution in [0, 0.1) is 6.92 Å². The lowest BCUT2D eigenvalue weighted by molar-refractivity contribution is -0.133. The van der Waals surface area contributed by atoms with E-state index in [1.165, 1.54) is 12.8 Å². The Morgan fingerprint density at radius 2 is 2.11 bits per heavy atom. The van der Waals surface area contributed by atoms with Crippen molar-refractivity contribution in [2.75, 3.05) is 18.4 Å². The van der Waals surface area contributed by atoms with Gasteiger partial charge in [-0.1, -0.05) is 12.8 Å². The molecule has 1 saturated heterocycles. The number of fused-ring (bicyclic) bond motifs is 1. The second-order valence-corrected chi connectivity index (χ2v) is 7.84. The molecule has 0 spiro atoms. The molecular weight excluding hydrogens is 354 g/mol. The Kier molecular flexibility index (Phi) is 5.35. The van der Waals surface area contributed by atoms with Crippen LogP contribution in [0.3, 0.4) is 0 Å². The number of nitrogens with one attached hydrogen (secondary N) is 2. The molecule has 0 bridgehead atoms. The van der Waals surface area contributed by atoms with Crippen LogP contribution in [0.5, 0.6) is 0 Å². The van der Waals surface area contributed by atoms with Crippen molar-refractivity contribution in [3.8, 4) is 0 Å². The highest BCUT2D eigenvalue weighted by Crippen LogP contribution is 2.27. The third kappa shape index (κ3) is 3.63. The molecule has 1 aliphatic carbocycles. The van der Waals surface area contributed by atoms with E-state index in [1.54, 1.807) is 0 Å². The smallest absolute Gasteiger partial charge is 0.237 e. The number of aromatic nitrogens is 2. The zero-order chi connectivity index (χ0) is 19.7. The number of hydrogen-bond donors (Lipinski definition) is 2. The van der Waals surface area contributed by atoms with Gasteiger partial charge in [0.1, 0.15) is 5.82 Å². The van der Waals surface area contributed by atoms with Gasteiger partial charge in [0.2, 0.25) is 11.8 Å². The molecule has 0 radical (unpaired) electrons. The van der Waals surface area contributed by atoms with Crippen LogP contribution in [0.25, 0.3) is 11.0 Å². The molecule has 7 heteroatoms. The maximum absolute atomic E-state index is 12.7. The number of hydrogen-bond acceptors (Lipinski definition) is 4. The third-order valence-corrected chi connectivity index (χ3v) is 6.08. The molecule has 1 saturated carbocycles. The summed E-state index contributed by atoms with van der Waals surface area (Å²) in [6.07, 6.45) is 4.86. The second-order valence-electron chi connectivity index (χ2n) is 7.84. The number of carbonyl (C=O) groups excluding carboxylic acids is 2. The van der Waals surface area contributed by atoms with Crippen molar-refractivity contribution in [1.29, 1.82) is 0 Å². The molecule has 2 aromatic rings. The highest BCUT2D eigenvalue weighted by Gasteiger charge is 2.36. The average Bonchev–Trinajstić information content (AvgIpc) is 3.30. The molecule has 2 aliphatic rings. The number of rotatable bonds is 5. The molecule has 2 fully saturated rings. The number of amides is 2. The number of nitrogens with zero attached hydrogens (tertiary/aromatic N) is 3. The van der Waals surface area contributed by atoms with E-state index < -0.39 is 0 Å². The van der Waals surface area contributed by atoms with Gasteiger partial charge < -0.3 is 15.2 Å². The van der Waals surface area contributed by atoms with Gasteiger partial charge in [-0.15, -0.1) is 0 Å². The van der Waals surface area contributed by atoms with Crippen LogP contribution in [-0.2, 0) is 16.1 Å². The van der Waals surface area contributed by atoms with Gasteiger partial charge >= 0.3 is 0 Å². The first-order chi connectivity index (χ1) is 13.6. The molecule has 1 aromatic carbocycles. The molecule has 2 heterocycles. The lowest BCUT2D eigenvalue weighted by Crippen LogP contribution is -2.58. The SMILES string of the molecule is CCn1c(C)nc2cc(NC(=O)C[C@@H]3C(=O)NCCN3C3CCCC3)ccc21. The van der Waals surface area contributed by atoms with E-state index in [4.69, 9.17) is 0 Å². The molecule has 4 rings (SSSR count). The van der Waals surface area contributed by atoms with Crippen LogP contribution >= 0.6 is 0 Å². The minimum Gasteiger partial charge on any atom is -0.353 e. The molecule has 2 N–H and O–H groups in total. The average molecular weight is 383 g/mol. The van der Waals surface area contributed by atoms with Gasteiger partial charge in [-0.3, -0.25) is 14.5 Å². The number of imidazole rings is 1. The van der Waals surface area contributed by atoms with Gasteiger partial charge in [-0.05, 0) is 44.9 Å². The fraction of sp³-hybridized carbons (Fsp3) is 0.571. The Labute approximate surface area is 165 Å². The van der Waals surface area contributed by atoms with Crippen LogP contribution in [0.2, 0.25) is 0 Å². The Morgan fingerprint density at radius 1 is 1.32 bits per heavy atom. The fourth-order valence-electron chi connectivity index (χ4n) is 4.73. The van der Waals surface area contributed by atoms with Crippen LogP contribution in [0.1, 0.15) is 44.9 Å². The largest absolute Gasteiger partial charge is 0.353 e. The quantitative estimate of drug-likeness (QED) is 0.831. The fourth-order valence-corrected chi connectivity index (χ4v) is 4.73. The summed E-state index contributed by atoms with van der Waals surface area (Å²) in [4.78, 5) is 32.0. The predicted molar refractivity (Wildman–Crippen MR) is 109 cm³/mol. The Hall–Kier alpha value is -2.41. The maximum atomic E-state index is 12.7. The summed E-state index contributed by atoms with van der Waals surface area (Å²) in [6.45, 7) is 6.44. The number of anilines is 1. The van der Waals surface area contributed by atoms with Crippen LogP contribution < -0.4 is 10.6 Å². The lowest BCUT2D eigenvalue weighted by Gasteiger charge is -2.38. The summed E-state index contributed by atoms with van der Waals surface area (Å²) >= 11 is 0. The monoisotopic (exact) mass is 383 g/mol. The van der Waals surface area contributed by atoms with Crippen molar-refractivity contribution < 1.29 is 9.59 Å². The number of aryl methyl sites for hydroxylation is 2. The van der Waals surface area contributed by atoms with E-state index in [0.717, 1.165) is 48.5 Å². The molecule has 0 unspecified atom stereocenters. The van der Waals surface area contributed by atoms with Gasteiger partial charge in [0.15, 0.2) is 0 Å². The Balaban J connectivity index is 1.46. The molecule has 1 aromatic heterocycles. The highest BCUT2D eigenvalue weighted by molar-refractivity contribution is 5.97. The molecule has 2 amide bonds. The number of piperazine rings is 1. The lowest BCUT2D eigenvalue weighted by atomic mass is 10.0. The van der Waals surface area contributed by atoms with E-state index in [2.05, 4.69) is 32.0 Å². The summed E-state index contributed by atoms with van der Waals surface area (Å²) < 4.78 is 2.15. The second kappa shape index (κ2) is 7.91. The van der Waals surface area contributed by atoms with E-state index in [-0.39, 0.29) is 24.3 Å². The predicted octanol–water partition coefficient (Wildman–Crippen LogP) is 2.44. The summed E-state index contributed by atoms with van der Waals surface area (Å²) in [5.41, 5.74) is 2.67. The highest BCUT2D eigenvalue weighted by atomic mass is 16.2. The third-order valence-electron chi connectivity index (χ3n) is 6.08. The van der Waals surface area contributed by atoms with Gasteiger partial charge in [0, 0.05) is 31.4 Å². The minimum absolute atomic E-state index is 0.0268. The summed E-state index contributed by atoms with van der Waals surface area (Å²) in [6, 6.07) is 5.86. The molecule has 1 aliphatic heterocycles. The van der Waals surface area contributed by atoms with Crippen molar-refractivity contribution in [3.63, 3.8) is 0 Å². The maximum Gasteiger partial charge on any atom is 0.237 e. The van der Waals surface area contributed by atoms with E-state index >= 15 is 0 Å². The van der Waals surface area contributed by atoms with Gasteiger partial charge in [0.25, 0.3) is 0 Å². The van der Waals surface area contributed by atoms with E-state index in [9.17, 15) is 9.59 Å². The summed E-state index contributed by atoms with van der Waals surface area (Å²) in [5.74, 6) is 0.809. The molecule has 28 heavy (non-hydrogen) atoms. The van der Waals surface area contributed by atoms with Crippen molar-refractivity contribution >= 4 is 28.5 Å². The first-order valence-corrected chi connectivity index (χ1v) is 10.4. The first kappa shape index (κ1) is 18.9. The van der Waals surface area contributed by atoms with Gasteiger partial charge in [-0.25, -0.2) is 4.98 Å². The standard InChI is InChI=1S/C21H29N5O2/c1-3-25-14(2)23-17-12-15(8-9-18(17)25)24-20(27)13-19-21(28)22-10-11-26(19)16-6-4-5-7-16/h8-9,12,16,19H,3-7,10-11,13H2,1-2H3,(H,22,28)(H,24,27)/t19-/m1/s1. The van der Waals surface area contributed by atoms with Crippen LogP contribution in [0.4, 0.5) is 5.69 Å². The van der Waals surface area contributed by atoms with Gasteiger partial charge in [-0.2, -0.15) is 0 Å². The molecule has 1 atom stereocenters. The first-order valence-electron chi connectivity index (χ1n) is 10.4. The molecular formula is C21H29N5O2. The van der Waals surface area contributed by atoms with Crippen molar-refractivity contribution in [2.45, 2.75) is 64.6 Å². The summed E-state index contributed by atoms with van der Waals surface area (Å²) in [5, 5.41) is 5.89. The summed E-state index contributed by atoms with van der Waals surface area (Å²) in [7, 11) is 0. The Bertz CT molecular complexity index is 884. The van der Waals surface area contributed by atoms with Crippen LogP contribution in [-0.4, -0.2) is 51.4 Å². The Morgan fingerprint density at radius 3 is 2.86 bits per heavy atom.